The molecule has 0 unspecified atom stereocenters. The Morgan fingerprint density at radius 2 is 2.08 bits per heavy atom. The summed E-state index contributed by atoms with van der Waals surface area (Å²) in [6.07, 6.45) is -1.30. The van der Waals surface area contributed by atoms with Gasteiger partial charge in [0.25, 0.3) is 5.79 Å². The molecular formula is C14H25N6O5+. The number of carbonyl (C=O) groups is 1. The number of ether oxygens (including phenoxy) is 1. The highest BCUT2D eigenvalue weighted by Gasteiger charge is 2.76. The number of hydrogen-bond donors (Lipinski definition) is 7. The van der Waals surface area contributed by atoms with Crippen molar-refractivity contribution in [2.24, 2.45) is 21.9 Å². The minimum atomic E-state index is -2.55. The highest BCUT2D eigenvalue weighted by atomic mass is 16.6. The Balaban J connectivity index is 2.04. The van der Waals surface area contributed by atoms with Crippen LogP contribution in [-0.2, 0) is 9.53 Å². The minimum Gasteiger partial charge on any atom is -0.453 e. The number of hydrogen-bond acceptors (Lipinski definition) is 10. The summed E-state index contributed by atoms with van der Waals surface area (Å²) in [6.45, 7) is 4.54. The molecule has 0 saturated carbocycles. The smallest absolute Gasteiger partial charge is 0.346 e. The van der Waals surface area contributed by atoms with Crippen LogP contribution in [0, 0.1) is 5.41 Å². The van der Waals surface area contributed by atoms with Gasteiger partial charge < -0.3 is 31.1 Å². The second-order valence-corrected chi connectivity index (χ2v) is 7.65. The quantitative estimate of drug-likeness (QED) is 0.147. The van der Waals surface area contributed by atoms with Gasteiger partial charge in [-0.25, -0.2) is 9.57 Å². The third-order valence-corrected chi connectivity index (χ3v) is 4.87. The molecule has 3 aliphatic rings. The summed E-state index contributed by atoms with van der Waals surface area (Å²) in [7, 11) is 0. The molecule has 3 aliphatic heterocycles. The number of rotatable bonds is 2. The molecule has 0 aromatic rings. The molecule has 4 atom stereocenters. The van der Waals surface area contributed by atoms with Gasteiger partial charge in [-0.05, 0) is 20.8 Å². The molecule has 0 aromatic heterocycles. The van der Waals surface area contributed by atoms with Crippen LogP contribution in [-0.4, -0.2) is 80.6 Å². The molecule has 0 radical (unpaired) electrons. The molecule has 0 aliphatic carbocycles. The first-order chi connectivity index (χ1) is 11.4. The van der Waals surface area contributed by atoms with Gasteiger partial charge in [0.05, 0.1) is 12.0 Å². The molecule has 0 amide bonds. The fourth-order valence-corrected chi connectivity index (χ4v) is 3.55. The number of carbonyl (C=O) groups excluding carboxylic acids is 1. The Morgan fingerprint density at radius 3 is 2.64 bits per heavy atom. The lowest BCUT2D eigenvalue weighted by Crippen LogP contribution is -2.78. The van der Waals surface area contributed by atoms with E-state index in [0.29, 0.717) is 0 Å². The Labute approximate surface area is 144 Å². The van der Waals surface area contributed by atoms with E-state index in [1.165, 1.54) is 4.58 Å². The van der Waals surface area contributed by atoms with E-state index < -0.39 is 41.0 Å². The van der Waals surface area contributed by atoms with E-state index in [4.69, 9.17) is 16.2 Å². The van der Waals surface area contributed by atoms with Gasteiger partial charge >= 0.3 is 11.9 Å². The van der Waals surface area contributed by atoms with Crippen molar-refractivity contribution >= 4 is 17.9 Å². The van der Waals surface area contributed by atoms with Gasteiger partial charge in [0, 0.05) is 0 Å². The molecule has 25 heavy (non-hydrogen) atoms. The topological polar surface area (TPSA) is 178 Å². The average Bonchev–Trinajstić information content (AvgIpc) is 2.95. The maximum Gasteiger partial charge on any atom is 0.346 e. The predicted molar refractivity (Wildman–Crippen MR) is 86.1 cm³/mol. The molecule has 11 heteroatoms. The van der Waals surface area contributed by atoms with Crippen molar-refractivity contribution in [3.63, 3.8) is 0 Å². The third-order valence-electron chi connectivity index (χ3n) is 4.87. The average molecular weight is 357 g/mol. The number of aliphatic imine (C=N–C) groups is 1. The largest absolute Gasteiger partial charge is 0.453 e. The van der Waals surface area contributed by atoms with Crippen molar-refractivity contribution < 1.29 is 29.4 Å². The van der Waals surface area contributed by atoms with Crippen LogP contribution in [0.4, 0.5) is 0 Å². The number of aliphatic hydroxyl groups excluding tert-OH is 1. The normalized spacial score (nSPS) is 36.1. The van der Waals surface area contributed by atoms with Crippen LogP contribution in [0.5, 0.6) is 0 Å². The summed E-state index contributed by atoms with van der Waals surface area (Å²) in [5, 5.41) is 37.1. The first-order valence-corrected chi connectivity index (χ1v) is 8.00. The molecule has 9 N–H and O–H groups in total. The summed E-state index contributed by atoms with van der Waals surface area (Å²) in [4.78, 5) is 16.4. The minimum absolute atomic E-state index is 0.0276. The summed E-state index contributed by atoms with van der Waals surface area (Å²) in [5.41, 5.74) is 9.30. The summed E-state index contributed by atoms with van der Waals surface area (Å²) in [5.74, 6) is -3.08. The van der Waals surface area contributed by atoms with Gasteiger partial charge in [-0.15, -0.1) is 0 Å². The molecular weight excluding hydrogens is 332 g/mol. The lowest BCUT2D eigenvalue weighted by Gasteiger charge is -2.43. The lowest BCUT2D eigenvalue weighted by atomic mass is 9.86. The zero-order chi connectivity index (χ0) is 18.8. The van der Waals surface area contributed by atoms with Gasteiger partial charge in [-0.1, -0.05) is 0 Å². The number of aliphatic hydroxyl groups is 3. The zero-order valence-corrected chi connectivity index (χ0v) is 14.4. The number of nitrogens with two attached hydrogens (primary N) is 2. The van der Waals surface area contributed by atoms with Gasteiger partial charge in [-0.3, -0.25) is 15.8 Å². The molecule has 1 spiro atoms. The van der Waals surface area contributed by atoms with E-state index in [1.54, 1.807) is 20.8 Å². The zero-order valence-electron chi connectivity index (χ0n) is 14.4. The van der Waals surface area contributed by atoms with E-state index >= 15 is 0 Å². The highest BCUT2D eigenvalue weighted by molar-refractivity contribution is 5.83. The van der Waals surface area contributed by atoms with Crippen molar-refractivity contribution in [2.45, 2.75) is 50.4 Å². The van der Waals surface area contributed by atoms with Crippen molar-refractivity contribution in [2.75, 3.05) is 13.2 Å². The van der Waals surface area contributed by atoms with Crippen LogP contribution in [0.1, 0.15) is 20.8 Å². The van der Waals surface area contributed by atoms with Gasteiger partial charge in [0.15, 0.2) is 18.1 Å². The van der Waals surface area contributed by atoms with Crippen LogP contribution >= 0.6 is 0 Å². The maximum atomic E-state index is 12.2. The van der Waals surface area contributed by atoms with Gasteiger partial charge in [0.2, 0.25) is 5.66 Å². The molecule has 1 fully saturated rings. The van der Waals surface area contributed by atoms with E-state index in [-0.39, 0.29) is 25.1 Å². The Hall–Kier alpha value is -2.11. The fourth-order valence-electron chi connectivity index (χ4n) is 3.55. The van der Waals surface area contributed by atoms with Crippen LogP contribution in [0.2, 0.25) is 0 Å². The second-order valence-electron chi connectivity index (χ2n) is 7.65. The molecule has 3 rings (SSSR count). The molecule has 0 bridgehead atoms. The number of nitrogens with zero attached hydrogens (tertiary/aromatic N) is 2. The molecule has 1 saturated heterocycles. The Kier molecular flexibility index (Phi) is 3.68. The Bertz CT molecular complexity index is 669. The number of esters is 1. The number of nitrogens with one attached hydrogen (secondary N) is 2. The van der Waals surface area contributed by atoms with Crippen molar-refractivity contribution in [3.8, 4) is 0 Å². The summed E-state index contributed by atoms with van der Waals surface area (Å²) in [6, 6.07) is -1.56. The van der Waals surface area contributed by atoms with E-state index in [1.807, 2.05) is 0 Å². The lowest BCUT2D eigenvalue weighted by molar-refractivity contribution is -0.623. The monoisotopic (exact) mass is 357 g/mol. The van der Waals surface area contributed by atoms with Crippen LogP contribution in [0.25, 0.3) is 0 Å². The first-order valence-electron chi connectivity index (χ1n) is 8.00. The van der Waals surface area contributed by atoms with Crippen molar-refractivity contribution in [3.05, 3.63) is 0 Å². The van der Waals surface area contributed by atoms with Crippen LogP contribution in [0.3, 0.4) is 0 Å². The van der Waals surface area contributed by atoms with Crippen LogP contribution < -0.4 is 22.1 Å². The van der Waals surface area contributed by atoms with E-state index in [0.717, 1.165) is 0 Å². The fraction of sp³-hybridized carbons (Fsp3) is 0.786. The van der Waals surface area contributed by atoms with E-state index in [9.17, 15) is 20.1 Å². The molecule has 3 heterocycles. The van der Waals surface area contributed by atoms with Crippen molar-refractivity contribution in [1.29, 1.82) is 0 Å². The maximum absolute atomic E-state index is 12.2. The molecule has 140 valence electrons. The molecule has 11 nitrogen and oxygen atoms in total. The SMILES string of the molecule is CC(C)(C)C(=O)O[C@H]1C[N+]2=C(N)N[C@@H](CO)[C@@H]3N=C(N)N[C@@]32C1(O)O. The predicted octanol–water partition coefficient (Wildman–Crippen LogP) is -4.09. The second kappa shape index (κ2) is 5.19. The number of guanidine groups is 2. The van der Waals surface area contributed by atoms with E-state index in [2.05, 4.69) is 15.6 Å². The first kappa shape index (κ1) is 17.7. The van der Waals surface area contributed by atoms with Gasteiger partial charge in [-0.2, -0.15) is 0 Å². The van der Waals surface area contributed by atoms with Gasteiger partial charge in [0.1, 0.15) is 12.6 Å². The third kappa shape index (κ3) is 2.26. The summed E-state index contributed by atoms with van der Waals surface area (Å²) < 4.78 is 6.79. The van der Waals surface area contributed by atoms with Crippen LogP contribution in [0.15, 0.2) is 4.99 Å². The molecule has 0 aromatic carbocycles. The highest BCUT2D eigenvalue weighted by Crippen LogP contribution is 2.42. The Morgan fingerprint density at radius 1 is 1.44 bits per heavy atom. The van der Waals surface area contributed by atoms with Crippen molar-refractivity contribution in [1.82, 2.24) is 10.6 Å². The summed E-state index contributed by atoms with van der Waals surface area (Å²) >= 11 is 0. The standard InChI is InChI=1S/C14H24N6O5/c1-12(2,3)9(22)25-7-4-20-11(16)17-6(5-21)8-13(20,14(7,23)24)19-10(15)18-8/h6-8,21,23-24H,4-5H2,1-3H3,(H5,15,16,17,18,19)/p+1/t6-,7-,8-,13-/m0/s1.